The molecule has 0 aliphatic carbocycles. The van der Waals surface area contributed by atoms with Crippen molar-refractivity contribution in [2.24, 2.45) is 0 Å². The fourth-order valence-electron chi connectivity index (χ4n) is 3.35. The molecule has 1 aliphatic heterocycles. The Morgan fingerprint density at radius 3 is 2.42 bits per heavy atom. The number of hydrogen-bond donors (Lipinski definition) is 1. The summed E-state index contributed by atoms with van der Waals surface area (Å²) in [6.07, 6.45) is 3.93. The van der Waals surface area contributed by atoms with Crippen LogP contribution in [-0.2, 0) is 0 Å². The van der Waals surface area contributed by atoms with E-state index < -0.39 is 0 Å². The molecule has 1 fully saturated rings. The van der Waals surface area contributed by atoms with Crippen molar-refractivity contribution in [2.45, 2.75) is 32.2 Å². The van der Waals surface area contributed by atoms with Crippen molar-refractivity contribution in [1.29, 1.82) is 0 Å². The molecule has 0 spiro atoms. The highest BCUT2D eigenvalue weighted by atomic mass is 16.5. The van der Waals surface area contributed by atoms with Crippen LogP contribution in [0.1, 0.15) is 38.1 Å². The first-order chi connectivity index (χ1) is 12.8. The predicted octanol–water partition coefficient (Wildman–Crippen LogP) is 4.90. The molecule has 1 aliphatic rings. The Hall–Kier alpha value is -2.82. The van der Waals surface area contributed by atoms with Crippen molar-refractivity contribution in [2.75, 3.05) is 23.3 Å². The van der Waals surface area contributed by atoms with Crippen LogP contribution in [0.15, 0.2) is 59.1 Å². The highest BCUT2D eigenvalue weighted by Crippen LogP contribution is 2.25. The molecule has 134 valence electrons. The van der Waals surface area contributed by atoms with E-state index in [1.165, 1.54) is 24.9 Å². The second-order valence-corrected chi connectivity index (χ2v) is 6.78. The lowest BCUT2D eigenvalue weighted by Gasteiger charge is -2.29. The maximum atomic E-state index is 5.44. The Balaban J connectivity index is 1.41. The molecule has 5 nitrogen and oxygen atoms in total. The third kappa shape index (κ3) is 3.72. The molecule has 0 amide bonds. The molecular weight excluding hydrogens is 324 g/mol. The van der Waals surface area contributed by atoms with Crippen LogP contribution in [-0.4, -0.2) is 23.2 Å². The zero-order valence-electron chi connectivity index (χ0n) is 15.1. The van der Waals surface area contributed by atoms with E-state index in [2.05, 4.69) is 44.6 Å². The molecular formula is C21H24N4O. The summed E-state index contributed by atoms with van der Waals surface area (Å²) in [5, 5.41) is 7.53. The Bertz CT molecular complexity index is 823. The number of nitrogens with zero attached hydrogens (tertiary/aromatic N) is 3. The summed E-state index contributed by atoms with van der Waals surface area (Å²) < 4.78 is 5.44. The first-order valence-corrected chi connectivity index (χ1v) is 9.30. The van der Waals surface area contributed by atoms with Gasteiger partial charge in [-0.15, -0.1) is 0 Å². The van der Waals surface area contributed by atoms with Gasteiger partial charge in [-0.3, -0.25) is 0 Å². The van der Waals surface area contributed by atoms with E-state index in [1.54, 1.807) is 0 Å². The molecule has 1 aromatic heterocycles. The third-order valence-corrected chi connectivity index (χ3v) is 4.82. The molecule has 0 unspecified atom stereocenters. The largest absolute Gasteiger partial charge is 0.374 e. The minimum atomic E-state index is -0.0548. The molecule has 1 N–H and O–H groups in total. The van der Waals surface area contributed by atoms with Gasteiger partial charge in [-0.2, -0.15) is 4.98 Å². The fraction of sp³-hybridized carbons (Fsp3) is 0.333. The van der Waals surface area contributed by atoms with Gasteiger partial charge in [-0.1, -0.05) is 35.5 Å². The fourth-order valence-corrected chi connectivity index (χ4v) is 3.35. The second kappa shape index (κ2) is 7.60. The summed E-state index contributed by atoms with van der Waals surface area (Å²) >= 11 is 0. The summed E-state index contributed by atoms with van der Waals surface area (Å²) in [4.78, 5) is 6.98. The minimum absolute atomic E-state index is 0.0548. The van der Waals surface area contributed by atoms with Crippen LogP contribution in [0.4, 0.5) is 11.4 Å². The Morgan fingerprint density at radius 1 is 0.962 bits per heavy atom. The number of benzene rings is 2. The van der Waals surface area contributed by atoms with Crippen molar-refractivity contribution in [1.82, 2.24) is 10.1 Å². The molecule has 3 aromatic rings. The molecule has 5 heteroatoms. The number of rotatable bonds is 5. The Morgan fingerprint density at radius 2 is 1.69 bits per heavy atom. The Kier molecular flexibility index (Phi) is 4.86. The van der Waals surface area contributed by atoms with Gasteiger partial charge < -0.3 is 14.7 Å². The van der Waals surface area contributed by atoms with Crippen molar-refractivity contribution in [3.8, 4) is 11.4 Å². The number of piperidine rings is 1. The van der Waals surface area contributed by atoms with Gasteiger partial charge in [0.25, 0.3) is 0 Å². The summed E-state index contributed by atoms with van der Waals surface area (Å²) in [6.45, 7) is 4.35. The summed E-state index contributed by atoms with van der Waals surface area (Å²) in [5.41, 5.74) is 3.31. The number of aromatic nitrogens is 2. The smallest absolute Gasteiger partial charge is 0.249 e. The van der Waals surface area contributed by atoms with E-state index in [0.29, 0.717) is 11.7 Å². The van der Waals surface area contributed by atoms with Gasteiger partial charge in [0.05, 0.1) is 0 Å². The lowest BCUT2D eigenvalue weighted by molar-refractivity contribution is 0.368. The number of hydrogen-bond acceptors (Lipinski definition) is 5. The average molecular weight is 348 g/mol. The van der Waals surface area contributed by atoms with E-state index in [1.807, 2.05) is 37.3 Å². The van der Waals surface area contributed by atoms with Crippen molar-refractivity contribution in [3.63, 3.8) is 0 Å². The van der Waals surface area contributed by atoms with E-state index in [9.17, 15) is 0 Å². The van der Waals surface area contributed by atoms with Gasteiger partial charge in [0.1, 0.15) is 6.04 Å². The van der Waals surface area contributed by atoms with Gasteiger partial charge in [0.15, 0.2) is 0 Å². The molecule has 26 heavy (non-hydrogen) atoms. The van der Waals surface area contributed by atoms with Crippen LogP contribution < -0.4 is 10.2 Å². The van der Waals surface area contributed by atoms with E-state index in [0.717, 1.165) is 24.3 Å². The van der Waals surface area contributed by atoms with Gasteiger partial charge in [0, 0.05) is 30.0 Å². The first-order valence-electron chi connectivity index (χ1n) is 9.30. The monoisotopic (exact) mass is 348 g/mol. The van der Waals surface area contributed by atoms with Gasteiger partial charge in [-0.05, 0) is 50.5 Å². The van der Waals surface area contributed by atoms with E-state index >= 15 is 0 Å². The van der Waals surface area contributed by atoms with Crippen LogP contribution in [0.2, 0.25) is 0 Å². The van der Waals surface area contributed by atoms with Crippen LogP contribution in [0.5, 0.6) is 0 Å². The highest BCUT2D eigenvalue weighted by molar-refractivity contribution is 5.56. The SMILES string of the molecule is C[C@H](Nc1ccc(N2CCCCC2)cc1)c1nc(-c2ccccc2)no1. The van der Waals surface area contributed by atoms with Crippen LogP contribution in [0, 0.1) is 0 Å². The quantitative estimate of drug-likeness (QED) is 0.711. The molecule has 4 rings (SSSR count). The summed E-state index contributed by atoms with van der Waals surface area (Å²) in [6, 6.07) is 18.4. The molecule has 0 saturated carbocycles. The van der Waals surface area contributed by atoms with Crippen LogP contribution >= 0.6 is 0 Å². The van der Waals surface area contributed by atoms with Crippen molar-refractivity contribution >= 4 is 11.4 Å². The predicted molar refractivity (Wildman–Crippen MR) is 104 cm³/mol. The molecule has 1 atom stereocenters. The Labute approximate surface area is 154 Å². The van der Waals surface area contributed by atoms with Crippen molar-refractivity contribution in [3.05, 3.63) is 60.5 Å². The topological polar surface area (TPSA) is 54.2 Å². The molecule has 1 saturated heterocycles. The second-order valence-electron chi connectivity index (χ2n) is 6.78. The highest BCUT2D eigenvalue weighted by Gasteiger charge is 2.16. The van der Waals surface area contributed by atoms with Crippen LogP contribution in [0.25, 0.3) is 11.4 Å². The van der Waals surface area contributed by atoms with Crippen LogP contribution in [0.3, 0.4) is 0 Å². The maximum absolute atomic E-state index is 5.44. The van der Waals surface area contributed by atoms with Gasteiger partial charge >= 0.3 is 0 Å². The summed E-state index contributed by atoms with van der Waals surface area (Å²) in [5.74, 6) is 1.21. The minimum Gasteiger partial charge on any atom is -0.374 e. The normalized spacial score (nSPS) is 15.7. The lowest BCUT2D eigenvalue weighted by atomic mass is 10.1. The maximum Gasteiger partial charge on any atom is 0.249 e. The molecule has 2 heterocycles. The lowest BCUT2D eigenvalue weighted by Crippen LogP contribution is -2.29. The first kappa shape index (κ1) is 16.6. The van der Waals surface area contributed by atoms with E-state index in [4.69, 9.17) is 4.52 Å². The molecule has 0 radical (unpaired) electrons. The standard InChI is InChI=1S/C21H24N4O/c1-16(21-23-20(24-26-21)17-8-4-2-5-9-17)22-18-10-12-19(13-11-18)25-14-6-3-7-15-25/h2,4-5,8-13,16,22H,3,6-7,14-15H2,1H3/t16-/m0/s1. The number of nitrogens with one attached hydrogen (secondary N) is 1. The van der Waals surface area contributed by atoms with E-state index in [-0.39, 0.29) is 6.04 Å². The van der Waals surface area contributed by atoms with Crippen molar-refractivity contribution < 1.29 is 4.52 Å². The molecule has 2 aromatic carbocycles. The zero-order valence-corrected chi connectivity index (χ0v) is 15.1. The number of anilines is 2. The molecule has 0 bridgehead atoms. The van der Waals surface area contributed by atoms with Gasteiger partial charge in [-0.25, -0.2) is 0 Å². The van der Waals surface area contributed by atoms with Gasteiger partial charge in [0.2, 0.25) is 11.7 Å². The average Bonchev–Trinajstić information content (AvgIpc) is 3.20. The third-order valence-electron chi connectivity index (χ3n) is 4.82. The summed E-state index contributed by atoms with van der Waals surface area (Å²) in [7, 11) is 0. The zero-order chi connectivity index (χ0) is 17.8.